The van der Waals surface area contributed by atoms with Crippen LogP contribution in [0, 0.1) is 10.1 Å². The fourth-order valence-corrected chi connectivity index (χ4v) is 3.50. The topological polar surface area (TPSA) is 81.9 Å². The number of rotatable bonds is 6. The van der Waals surface area contributed by atoms with Crippen molar-refractivity contribution >= 4 is 17.7 Å². The lowest BCUT2D eigenvalue weighted by atomic mass is 10.0. The molecule has 0 aliphatic carbocycles. The molecule has 7 nitrogen and oxygen atoms in total. The van der Waals surface area contributed by atoms with Crippen LogP contribution in [-0.4, -0.2) is 36.5 Å². The Morgan fingerprint density at radius 2 is 2.00 bits per heavy atom. The van der Waals surface area contributed by atoms with Gasteiger partial charge in [0, 0.05) is 30.3 Å². The SMILES string of the molecule is COc1ccc(C2CCCN2C(=O)/C=C/c2ccccc2[N+](=O)[O-])c(OC)c1. The molecule has 1 fully saturated rings. The second-order valence-corrected chi connectivity index (χ2v) is 6.45. The first-order chi connectivity index (χ1) is 13.5. The second kappa shape index (κ2) is 8.56. The minimum Gasteiger partial charge on any atom is -0.497 e. The average Bonchev–Trinajstić information content (AvgIpc) is 3.21. The highest BCUT2D eigenvalue weighted by molar-refractivity contribution is 5.93. The lowest BCUT2D eigenvalue weighted by Crippen LogP contribution is -2.29. The predicted molar refractivity (Wildman–Crippen MR) is 105 cm³/mol. The molecule has 1 saturated heterocycles. The molecule has 0 aromatic heterocycles. The van der Waals surface area contributed by atoms with Gasteiger partial charge >= 0.3 is 0 Å². The van der Waals surface area contributed by atoms with E-state index >= 15 is 0 Å². The second-order valence-electron chi connectivity index (χ2n) is 6.45. The van der Waals surface area contributed by atoms with Crippen molar-refractivity contribution < 1.29 is 19.2 Å². The minimum atomic E-state index is -0.453. The van der Waals surface area contributed by atoms with E-state index in [9.17, 15) is 14.9 Å². The van der Waals surface area contributed by atoms with E-state index in [1.165, 1.54) is 18.2 Å². The van der Waals surface area contributed by atoms with Crippen LogP contribution in [0.3, 0.4) is 0 Å². The van der Waals surface area contributed by atoms with Crippen LogP contribution in [0.25, 0.3) is 6.08 Å². The Hall–Kier alpha value is -3.35. The zero-order valence-electron chi connectivity index (χ0n) is 15.8. The van der Waals surface area contributed by atoms with Crippen molar-refractivity contribution in [2.24, 2.45) is 0 Å². The van der Waals surface area contributed by atoms with Gasteiger partial charge in [-0.2, -0.15) is 0 Å². The van der Waals surface area contributed by atoms with Gasteiger partial charge in [0.2, 0.25) is 5.91 Å². The minimum absolute atomic E-state index is 0.0265. The normalized spacial score (nSPS) is 16.4. The third-order valence-electron chi connectivity index (χ3n) is 4.87. The van der Waals surface area contributed by atoms with Gasteiger partial charge < -0.3 is 14.4 Å². The predicted octanol–water partition coefficient (Wildman–Crippen LogP) is 3.99. The lowest BCUT2D eigenvalue weighted by molar-refractivity contribution is -0.385. The van der Waals surface area contributed by atoms with Crippen molar-refractivity contribution in [2.75, 3.05) is 20.8 Å². The Labute approximate surface area is 163 Å². The van der Waals surface area contributed by atoms with Crippen molar-refractivity contribution in [3.8, 4) is 11.5 Å². The quantitative estimate of drug-likeness (QED) is 0.429. The highest BCUT2D eigenvalue weighted by atomic mass is 16.6. The number of nitro groups is 1. The van der Waals surface area contributed by atoms with Crippen molar-refractivity contribution in [1.29, 1.82) is 0 Å². The zero-order valence-corrected chi connectivity index (χ0v) is 15.8. The number of carbonyl (C=O) groups is 1. The highest BCUT2D eigenvalue weighted by Gasteiger charge is 2.31. The summed E-state index contributed by atoms with van der Waals surface area (Å²) in [6, 6.07) is 11.8. The van der Waals surface area contributed by atoms with Crippen LogP contribution in [0.1, 0.15) is 30.0 Å². The first-order valence-electron chi connectivity index (χ1n) is 8.99. The maximum Gasteiger partial charge on any atom is 0.276 e. The molecule has 1 amide bonds. The van der Waals surface area contributed by atoms with Gasteiger partial charge in [0.25, 0.3) is 5.69 Å². The van der Waals surface area contributed by atoms with E-state index in [-0.39, 0.29) is 17.6 Å². The number of ether oxygens (including phenoxy) is 2. The molecule has 1 aliphatic heterocycles. The molecule has 1 unspecified atom stereocenters. The van der Waals surface area contributed by atoms with Crippen molar-refractivity contribution in [1.82, 2.24) is 4.90 Å². The Balaban J connectivity index is 1.84. The summed E-state index contributed by atoms with van der Waals surface area (Å²) in [6.07, 6.45) is 4.61. The van der Waals surface area contributed by atoms with Crippen LogP contribution in [0.2, 0.25) is 0 Å². The number of hydrogen-bond donors (Lipinski definition) is 0. The average molecular weight is 382 g/mol. The number of amides is 1. The van der Waals surface area contributed by atoms with Crippen LogP contribution in [-0.2, 0) is 4.79 Å². The highest BCUT2D eigenvalue weighted by Crippen LogP contribution is 2.38. The summed E-state index contributed by atoms with van der Waals surface area (Å²) in [7, 11) is 3.18. The number of nitro benzene ring substituents is 1. The van der Waals surface area contributed by atoms with E-state index in [0.29, 0.717) is 23.6 Å². The summed E-state index contributed by atoms with van der Waals surface area (Å²) < 4.78 is 10.7. The smallest absolute Gasteiger partial charge is 0.276 e. The first-order valence-corrected chi connectivity index (χ1v) is 8.99. The third kappa shape index (κ3) is 3.98. The Kier molecular flexibility index (Phi) is 5.93. The van der Waals surface area contributed by atoms with Gasteiger partial charge in [-0.1, -0.05) is 12.1 Å². The number of carbonyl (C=O) groups excluding carboxylic acids is 1. The number of methoxy groups -OCH3 is 2. The van der Waals surface area contributed by atoms with Crippen molar-refractivity contribution in [3.63, 3.8) is 0 Å². The molecule has 3 rings (SSSR count). The first kappa shape index (κ1) is 19.4. The van der Waals surface area contributed by atoms with Crippen molar-refractivity contribution in [3.05, 3.63) is 69.8 Å². The van der Waals surface area contributed by atoms with Crippen LogP contribution < -0.4 is 9.47 Å². The molecule has 0 spiro atoms. The van der Waals surface area contributed by atoms with Crippen LogP contribution in [0.15, 0.2) is 48.5 Å². The molecule has 0 saturated carbocycles. The van der Waals surface area contributed by atoms with Gasteiger partial charge in [-0.3, -0.25) is 14.9 Å². The van der Waals surface area contributed by atoms with Crippen LogP contribution in [0.4, 0.5) is 5.69 Å². The molecule has 2 aromatic carbocycles. The molecule has 0 N–H and O–H groups in total. The number of hydrogen-bond acceptors (Lipinski definition) is 5. The molecule has 7 heteroatoms. The Morgan fingerprint density at radius 1 is 1.21 bits per heavy atom. The zero-order chi connectivity index (χ0) is 20.1. The fraction of sp³-hybridized carbons (Fsp3) is 0.286. The van der Waals surface area contributed by atoms with Crippen LogP contribution >= 0.6 is 0 Å². The monoisotopic (exact) mass is 382 g/mol. The summed E-state index contributed by atoms with van der Waals surface area (Å²) in [5.74, 6) is 1.18. The van der Waals surface area contributed by atoms with Crippen LogP contribution in [0.5, 0.6) is 11.5 Å². The number of likely N-dealkylation sites (tertiary alicyclic amines) is 1. The van der Waals surface area contributed by atoms with E-state index in [4.69, 9.17) is 9.47 Å². The standard InChI is InChI=1S/C21H22N2O5/c1-27-16-10-11-17(20(14-16)28-2)19-8-5-13-22(19)21(24)12-9-15-6-3-4-7-18(15)23(25)26/h3-4,6-7,9-12,14,19H,5,8,13H2,1-2H3/b12-9+. The van der Waals surface area contributed by atoms with E-state index in [1.807, 2.05) is 12.1 Å². The van der Waals surface area contributed by atoms with Gasteiger partial charge in [0.1, 0.15) is 11.5 Å². The van der Waals surface area contributed by atoms with Crippen molar-refractivity contribution in [2.45, 2.75) is 18.9 Å². The molecule has 1 aliphatic rings. The Bertz CT molecular complexity index is 909. The summed E-state index contributed by atoms with van der Waals surface area (Å²) in [5, 5.41) is 11.1. The van der Waals surface area contributed by atoms with E-state index < -0.39 is 4.92 Å². The largest absolute Gasteiger partial charge is 0.497 e. The summed E-state index contributed by atoms with van der Waals surface area (Å²) >= 11 is 0. The van der Waals surface area contributed by atoms with Gasteiger partial charge in [0.05, 0.1) is 30.7 Å². The molecular weight excluding hydrogens is 360 g/mol. The Morgan fingerprint density at radius 3 is 2.71 bits per heavy atom. The molecular formula is C21H22N2O5. The fourth-order valence-electron chi connectivity index (χ4n) is 3.50. The molecule has 1 heterocycles. The number of para-hydroxylation sites is 1. The van der Waals surface area contributed by atoms with Gasteiger partial charge in [0.15, 0.2) is 0 Å². The number of nitrogens with zero attached hydrogens (tertiary/aromatic N) is 2. The van der Waals surface area contributed by atoms with E-state index in [2.05, 4.69) is 0 Å². The maximum absolute atomic E-state index is 12.8. The molecule has 146 valence electrons. The van der Waals surface area contributed by atoms with Gasteiger partial charge in [-0.15, -0.1) is 0 Å². The van der Waals surface area contributed by atoms with Gasteiger partial charge in [-0.25, -0.2) is 0 Å². The summed E-state index contributed by atoms with van der Waals surface area (Å²) in [6.45, 7) is 0.625. The molecule has 0 bridgehead atoms. The van der Waals surface area contributed by atoms with E-state index in [0.717, 1.165) is 18.4 Å². The lowest BCUT2D eigenvalue weighted by Gasteiger charge is -2.25. The maximum atomic E-state index is 12.8. The van der Waals surface area contributed by atoms with Gasteiger partial charge in [-0.05, 0) is 37.1 Å². The number of benzene rings is 2. The molecule has 1 atom stereocenters. The third-order valence-corrected chi connectivity index (χ3v) is 4.87. The summed E-state index contributed by atoms with van der Waals surface area (Å²) in [4.78, 5) is 25.3. The molecule has 28 heavy (non-hydrogen) atoms. The molecule has 0 radical (unpaired) electrons. The van der Waals surface area contributed by atoms with E-state index in [1.54, 1.807) is 43.4 Å². The molecule has 2 aromatic rings. The summed E-state index contributed by atoms with van der Waals surface area (Å²) in [5.41, 5.74) is 1.30.